The molecule has 0 N–H and O–H groups in total. The number of para-hydroxylation sites is 1. The minimum absolute atomic E-state index is 0.147. The predicted octanol–water partition coefficient (Wildman–Crippen LogP) is 1.65. The zero-order chi connectivity index (χ0) is 21.4. The van der Waals surface area contributed by atoms with Crippen LogP contribution in [-0.4, -0.2) is 71.2 Å². The summed E-state index contributed by atoms with van der Waals surface area (Å²) in [6, 6.07) is 8.16. The molecule has 0 saturated carbocycles. The highest BCUT2D eigenvalue weighted by atomic mass is 19.3. The summed E-state index contributed by atoms with van der Waals surface area (Å²) in [4.78, 5) is 35.7. The van der Waals surface area contributed by atoms with E-state index in [0.717, 1.165) is 4.90 Å². The van der Waals surface area contributed by atoms with Crippen LogP contribution in [0.2, 0.25) is 0 Å². The Bertz CT molecular complexity index is 942. The molecule has 2 fully saturated rings. The van der Waals surface area contributed by atoms with Gasteiger partial charge in [0, 0.05) is 24.6 Å². The number of aromatic nitrogens is 2. The summed E-state index contributed by atoms with van der Waals surface area (Å²) in [6.07, 6.45) is -1.28. The predicted molar refractivity (Wildman–Crippen MR) is 101 cm³/mol. The summed E-state index contributed by atoms with van der Waals surface area (Å²) in [7, 11) is 0. The van der Waals surface area contributed by atoms with E-state index < -0.39 is 23.5 Å². The Morgan fingerprint density at radius 1 is 1.13 bits per heavy atom. The van der Waals surface area contributed by atoms with Crippen LogP contribution in [0.25, 0.3) is 0 Å². The average Bonchev–Trinajstić information content (AvgIpc) is 2.93. The number of anilines is 1. The second kappa shape index (κ2) is 7.69. The van der Waals surface area contributed by atoms with Crippen LogP contribution in [0.4, 0.5) is 14.5 Å². The third kappa shape index (κ3) is 3.88. The number of carbonyl (C=O) groups is 2. The number of carbonyl (C=O) groups excluding carboxylic acids is 2. The van der Waals surface area contributed by atoms with Gasteiger partial charge in [-0.2, -0.15) is 8.78 Å². The fraction of sp³-hybridized carbons (Fsp3) is 0.400. The molecule has 0 aliphatic carbocycles. The van der Waals surface area contributed by atoms with Crippen molar-refractivity contribution in [2.24, 2.45) is 0 Å². The number of hydrogen-bond acceptors (Lipinski definition) is 6. The first-order valence-corrected chi connectivity index (χ1v) is 9.40. The van der Waals surface area contributed by atoms with Gasteiger partial charge in [0.25, 0.3) is 5.91 Å². The van der Waals surface area contributed by atoms with E-state index in [1.807, 2.05) is 0 Å². The van der Waals surface area contributed by atoms with Gasteiger partial charge in [-0.25, -0.2) is 9.97 Å². The van der Waals surface area contributed by atoms with E-state index in [4.69, 9.17) is 9.47 Å². The van der Waals surface area contributed by atoms with E-state index in [1.165, 1.54) is 17.3 Å². The van der Waals surface area contributed by atoms with E-state index in [9.17, 15) is 18.4 Å². The zero-order valence-electron chi connectivity index (χ0n) is 16.3. The number of ether oxygens (including phenoxy) is 2. The molecule has 0 radical (unpaired) electrons. The first-order chi connectivity index (χ1) is 14.3. The molecule has 1 spiro atoms. The van der Waals surface area contributed by atoms with Gasteiger partial charge in [0.15, 0.2) is 0 Å². The summed E-state index contributed by atoms with van der Waals surface area (Å²) in [5.74, 6) is -1.36. The number of aryl methyl sites for hydroxylation is 1. The van der Waals surface area contributed by atoms with Gasteiger partial charge in [-0.3, -0.25) is 14.3 Å². The largest absolute Gasteiger partial charge is 0.437 e. The molecule has 10 heteroatoms. The summed E-state index contributed by atoms with van der Waals surface area (Å²) < 4.78 is 39.7. The van der Waals surface area contributed by atoms with Gasteiger partial charge in [0.05, 0.1) is 31.9 Å². The van der Waals surface area contributed by atoms with Crippen molar-refractivity contribution in [3.8, 4) is 0 Å². The van der Waals surface area contributed by atoms with Crippen LogP contribution in [-0.2, 0) is 14.3 Å². The number of nitrogens with zero attached hydrogens (tertiary/aromatic N) is 4. The van der Waals surface area contributed by atoms with Crippen molar-refractivity contribution in [3.05, 3.63) is 54.1 Å². The number of benzene rings is 1. The van der Waals surface area contributed by atoms with Gasteiger partial charge in [-0.1, -0.05) is 18.2 Å². The first kappa shape index (κ1) is 20.3. The van der Waals surface area contributed by atoms with Crippen molar-refractivity contribution in [1.29, 1.82) is 0 Å². The maximum atomic E-state index is 14.6. The quantitative estimate of drug-likeness (QED) is 0.738. The van der Waals surface area contributed by atoms with Gasteiger partial charge >= 0.3 is 12.0 Å². The third-order valence-corrected chi connectivity index (χ3v) is 5.02. The van der Waals surface area contributed by atoms with Gasteiger partial charge in [0.1, 0.15) is 11.4 Å². The molecule has 2 amide bonds. The smallest absolute Gasteiger partial charge is 0.376 e. The summed E-state index contributed by atoms with van der Waals surface area (Å²) >= 11 is 0. The molecule has 2 aliphatic rings. The molecule has 8 nitrogen and oxygen atoms in total. The summed E-state index contributed by atoms with van der Waals surface area (Å²) in [5, 5.41) is 0. The molecule has 1 unspecified atom stereocenters. The third-order valence-electron chi connectivity index (χ3n) is 5.02. The topological polar surface area (TPSA) is 84.9 Å². The highest BCUT2D eigenvalue weighted by Gasteiger charge is 2.58. The van der Waals surface area contributed by atoms with Crippen molar-refractivity contribution in [2.75, 3.05) is 37.7 Å². The second-order valence-electron chi connectivity index (χ2n) is 7.33. The van der Waals surface area contributed by atoms with Crippen LogP contribution in [0, 0.1) is 6.92 Å². The molecule has 2 aliphatic heterocycles. The van der Waals surface area contributed by atoms with Crippen LogP contribution < -0.4 is 4.90 Å². The van der Waals surface area contributed by atoms with Crippen LogP contribution >= 0.6 is 0 Å². The molecule has 1 aromatic carbocycles. The molecule has 1 atom stereocenters. The molecule has 30 heavy (non-hydrogen) atoms. The van der Waals surface area contributed by atoms with Crippen molar-refractivity contribution < 1.29 is 27.8 Å². The Balaban J connectivity index is 1.64. The van der Waals surface area contributed by atoms with Crippen molar-refractivity contribution in [3.63, 3.8) is 0 Å². The van der Waals surface area contributed by atoms with E-state index in [-0.39, 0.29) is 38.4 Å². The lowest BCUT2D eigenvalue weighted by Crippen LogP contribution is -2.66. The molecule has 2 aromatic rings. The Labute approximate surface area is 171 Å². The summed E-state index contributed by atoms with van der Waals surface area (Å²) in [6.45, 7) is 1.48. The fourth-order valence-corrected chi connectivity index (χ4v) is 3.60. The number of amides is 2. The first-order valence-electron chi connectivity index (χ1n) is 9.40. The SMILES string of the molecule is Cc1ncc(C(=O)N2CCOCC3(C2)CN(c2ccccc2)C(=O)C(F)(F)O3)cn1. The average molecular weight is 418 g/mol. The highest BCUT2D eigenvalue weighted by molar-refractivity contribution is 5.98. The molecule has 4 rings (SSSR count). The summed E-state index contributed by atoms with van der Waals surface area (Å²) in [5.41, 5.74) is -1.04. The van der Waals surface area contributed by atoms with E-state index >= 15 is 0 Å². The maximum Gasteiger partial charge on any atom is 0.437 e. The van der Waals surface area contributed by atoms with Crippen molar-refractivity contribution >= 4 is 17.5 Å². The Hall–Kier alpha value is -2.98. The number of rotatable bonds is 2. The number of morpholine rings is 1. The maximum absolute atomic E-state index is 14.6. The second-order valence-corrected chi connectivity index (χ2v) is 7.33. The van der Waals surface area contributed by atoms with E-state index in [0.29, 0.717) is 11.5 Å². The Morgan fingerprint density at radius 3 is 2.53 bits per heavy atom. The minimum atomic E-state index is -4.05. The standard InChI is InChI=1S/C20H20F2N4O4/c1-14-23-9-15(10-24-14)17(27)25-7-8-29-13-19(11-25)12-26(16-5-3-2-4-6-16)18(28)20(21,22)30-19/h2-6,9-10H,7-8,11-13H2,1H3. The Kier molecular flexibility index (Phi) is 5.20. The molecular weight excluding hydrogens is 398 g/mol. The van der Waals surface area contributed by atoms with Gasteiger partial charge in [0.2, 0.25) is 0 Å². The van der Waals surface area contributed by atoms with Gasteiger partial charge < -0.3 is 14.5 Å². The molecule has 158 valence electrons. The van der Waals surface area contributed by atoms with Crippen molar-refractivity contribution in [2.45, 2.75) is 18.6 Å². The van der Waals surface area contributed by atoms with Crippen LogP contribution in [0.5, 0.6) is 0 Å². The van der Waals surface area contributed by atoms with Gasteiger partial charge in [-0.05, 0) is 19.1 Å². The van der Waals surface area contributed by atoms with Crippen LogP contribution in [0.1, 0.15) is 16.2 Å². The molecule has 1 aromatic heterocycles. The molecular formula is C20H20F2N4O4. The van der Waals surface area contributed by atoms with Crippen LogP contribution in [0.15, 0.2) is 42.7 Å². The highest BCUT2D eigenvalue weighted by Crippen LogP contribution is 2.36. The lowest BCUT2D eigenvalue weighted by atomic mass is 10.00. The molecule has 2 saturated heterocycles. The Morgan fingerprint density at radius 2 is 1.83 bits per heavy atom. The zero-order valence-corrected chi connectivity index (χ0v) is 16.3. The number of alkyl halides is 2. The fourth-order valence-electron chi connectivity index (χ4n) is 3.60. The number of hydrogen-bond donors (Lipinski definition) is 0. The lowest BCUT2D eigenvalue weighted by Gasteiger charge is -2.45. The molecule has 0 bridgehead atoms. The minimum Gasteiger partial charge on any atom is -0.376 e. The molecule has 3 heterocycles. The lowest BCUT2D eigenvalue weighted by molar-refractivity contribution is -0.293. The normalized spacial score (nSPS) is 24.0. The van der Waals surface area contributed by atoms with Crippen molar-refractivity contribution in [1.82, 2.24) is 14.9 Å². The number of halogens is 2. The van der Waals surface area contributed by atoms with Gasteiger partial charge in [-0.15, -0.1) is 0 Å². The van der Waals surface area contributed by atoms with Crippen LogP contribution in [0.3, 0.4) is 0 Å². The van der Waals surface area contributed by atoms with E-state index in [2.05, 4.69) is 9.97 Å². The monoisotopic (exact) mass is 418 g/mol. The van der Waals surface area contributed by atoms with E-state index in [1.54, 1.807) is 37.3 Å².